The number of rotatable bonds is 7. The molecule has 3 rings (SSSR count). The van der Waals surface area contributed by atoms with Crippen molar-refractivity contribution in [1.29, 1.82) is 0 Å². The Hall–Kier alpha value is -3.25. The summed E-state index contributed by atoms with van der Waals surface area (Å²) < 4.78 is 38.5. The van der Waals surface area contributed by atoms with Gasteiger partial charge in [0.25, 0.3) is 5.91 Å². The van der Waals surface area contributed by atoms with Gasteiger partial charge >= 0.3 is 0 Å². The molecule has 0 saturated heterocycles. The van der Waals surface area contributed by atoms with Crippen LogP contribution in [0.2, 0.25) is 0 Å². The Labute approximate surface area is 161 Å². The molecule has 1 N–H and O–H groups in total. The number of benzene rings is 3. The topological polar surface area (TPSA) is 47.6 Å². The van der Waals surface area contributed by atoms with E-state index < -0.39 is 23.2 Å². The summed E-state index contributed by atoms with van der Waals surface area (Å²) >= 11 is 0. The summed E-state index contributed by atoms with van der Waals surface area (Å²) in [6.07, 6.45) is 0. The van der Waals surface area contributed by atoms with Gasteiger partial charge in [-0.15, -0.1) is 0 Å². The molecule has 0 saturated carbocycles. The van der Waals surface area contributed by atoms with Gasteiger partial charge in [-0.1, -0.05) is 36.4 Å². The second kappa shape index (κ2) is 9.10. The lowest BCUT2D eigenvalue weighted by Gasteiger charge is -2.12. The number of ether oxygens (including phenoxy) is 2. The monoisotopic (exact) mass is 383 g/mol. The van der Waals surface area contributed by atoms with Gasteiger partial charge in [-0.3, -0.25) is 4.79 Å². The summed E-state index contributed by atoms with van der Waals surface area (Å²) in [5, 5.41) is 2.27. The third-order valence-electron chi connectivity index (χ3n) is 4.11. The van der Waals surface area contributed by atoms with E-state index >= 15 is 0 Å². The predicted molar refractivity (Wildman–Crippen MR) is 102 cm³/mol. The molecule has 0 fully saturated rings. The quantitative estimate of drug-likeness (QED) is 0.628. The van der Waals surface area contributed by atoms with Crippen LogP contribution in [-0.4, -0.2) is 13.0 Å². The Kier molecular flexibility index (Phi) is 6.34. The summed E-state index contributed by atoms with van der Waals surface area (Å²) in [7, 11) is 1.52. The van der Waals surface area contributed by atoms with Gasteiger partial charge in [0.2, 0.25) is 0 Å². The highest BCUT2D eigenvalue weighted by atomic mass is 19.1. The van der Waals surface area contributed by atoms with Crippen LogP contribution in [0.25, 0.3) is 0 Å². The molecule has 4 nitrogen and oxygen atoms in total. The van der Waals surface area contributed by atoms with Crippen LogP contribution in [0.4, 0.5) is 14.5 Å². The molecule has 0 atom stereocenters. The van der Waals surface area contributed by atoms with E-state index in [2.05, 4.69) is 5.32 Å². The van der Waals surface area contributed by atoms with Crippen molar-refractivity contribution in [3.63, 3.8) is 0 Å². The fourth-order valence-electron chi connectivity index (χ4n) is 2.69. The fraction of sp³-hybridized carbons (Fsp3) is 0.136. The van der Waals surface area contributed by atoms with E-state index in [1.807, 2.05) is 30.3 Å². The van der Waals surface area contributed by atoms with Crippen molar-refractivity contribution in [1.82, 2.24) is 0 Å². The van der Waals surface area contributed by atoms with Gasteiger partial charge in [-0.25, -0.2) is 8.78 Å². The van der Waals surface area contributed by atoms with Gasteiger partial charge < -0.3 is 14.8 Å². The highest BCUT2D eigenvalue weighted by molar-refractivity contribution is 6.04. The van der Waals surface area contributed by atoms with Crippen molar-refractivity contribution in [2.75, 3.05) is 12.4 Å². The molecule has 0 bridgehead atoms. The first kappa shape index (κ1) is 19.5. The van der Waals surface area contributed by atoms with Crippen molar-refractivity contribution < 1.29 is 23.0 Å². The van der Waals surface area contributed by atoms with Crippen LogP contribution in [-0.2, 0) is 18.0 Å². The first-order chi connectivity index (χ1) is 13.6. The summed E-state index contributed by atoms with van der Waals surface area (Å²) in [6, 6.07) is 17.8. The van der Waals surface area contributed by atoms with E-state index in [9.17, 15) is 13.6 Å². The van der Waals surface area contributed by atoms with Crippen molar-refractivity contribution in [3.05, 3.63) is 95.1 Å². The number of hydrogen-bond acceptors (Lipinski definition) is 3. The molecule has 0 unspecified atom stereocenters. The molecule has 144 valence electrons. The third kappa shape index (κ3) is 4.72. The fourth-order valence-corrected chi connectivity index (χ4v) is 2.69. The van der Waals surface area contributed by atoms with E-state index in [4.69, 9.17) is 9.47 Å². The summed E-state index contributed by atoms with van der Waals surface area (Å²) in [4.78, 5) is 12.4. The number of para-hydroxylation sites is 1. The van der Waals surface area contributed by atoms with Crippen LogP contribution in [0.1, 0.15) is 21.5 Å². The lowest BCUT2D eigenvalue weighted by molar-refractivity contribution is 0.101. The molecule has 0 spiro atoms. The number of nitrogens with one attached hydrogen (secondary N) is 1. The summed E-state index contributed by atoms with van der Waals surface area (Å²) in [6.45, 7) is 0.619. The molecule has 0 aliphatic heterocycles. The molecule has 0 heterocycles. The minimum Gasteiger partial charge on any atom is -0.496 e. The SMILES string of the molecule is COc1ccc(C(=O)Nc2c(F)cccc2F)cc1COCc1ccccc1. The Balaban J connectivity index is 1.73. The molecule has 6 heteroatoms. The zero-order chi connectivity index (χ0) is 19.9. The first-order valence-corrected chi connectivity index (χ1v) is 8.62. The molecule has 0 aliphatic rings. The van der Waals surface area contributed by atoms with E-state index in [-0.39, 0.29) is 12.2 Å². The van der Waals surface area contributed by atoms with Gasteiger partial charge in [0.1, 0.15) is 23.1 Å². The molecule has 0 radical (unpaired) electrons. The number of halogens is 2. The van der Waals surface area contributed by atoms with E-state index in [0.29, 0.717) is 17.9 Å². The maximum absolute atomic E-state index is 13.8. The Morgan fingerprint density at radius 1 is 0.929 bits per heavy atom. The van der Waals surface area contributed by atoms with Crippen LogP contribution < -0.4 is 10.1 Å². The van der Waals surface area contributed by atoms with Crippen molar-refractivity contribution in [2.45, 2.75) is 13.2 Å². The first-order valence-electron chi connectivity index (χ1n) is 8.62. The number of carbonyl (C=O) groups is 1. The maximum atomic E-state index is 13.8. The largest absolute Gasteiger partial charge is 0.496 e. The van der Waals surface area contributed by atoms with E-state index in [1.165, 1.54) is 19.2 Å². The van der Waals surface area contributed by atoms with Crippen LogP contribution in [0.5, 0.6) is 5.75 Å². The number of anilines is 1. The Morgan fingerprint density at radius 2 is 1.64 bits per heavy atom. The van der Waals surface area contributed by atoms with Crippen molar-refractivity contribution in [3.8, 4) is 5.75 Å². The lowest BCUT2D eigenvalue weighted by Crippen LogP contribution is -2.15. The average Bonchev–Trinajstić information content (AvgIpc) is 2.71. The number of hydrogen-bond donors (Lipinski definition) is 1. The summed E-state index contributed by atoms with van der Waals surface area (Å²) in [5.41, 5.74) is 1.43. The molecular weight excluding hydrogens is 364 g/mol. The molecule has 1 amide bonds. The summed E-state index contributed by atoms with van der Waals surface area (Å²) in [5.74, 6) is -1.75. The van der Waals surface area contributed by atoms with Crippen molar-refractivity contribution in [2.24, 2.45) is 0 Å². The van der Waals surface area contributed by atoms with Crippen LogP contribution in [0.15, 0.2) is 66.7 Å². The maximum Gasteiger partial charge on any atom is 0.255 e. The molecule has 3 aromatic carbocycles. The smallest absolute Gasteiger partial charge is 0.255 e. The number of carbonyl (C=O) groups excluding carboxylic acids is 1. The Morgan fingerprint density at radius 3 is 2.32 bits per heavy atom. The standard InChI is InChI=1S/C22H19F2NO3/c1-27-20-11-10-16(22(26)25-21-18(23)8-5-9-19(21)24)12-17(20)14-28-13-15-6-3-2-4-7-15/h2-12H,13-14H2,1H3,(H,25,26). The van der Waals surface area contributed by atoms with E-state index in [0.717, 1.165) is 17.7 Å². The molecule has 3 aromatic rings. The van der Waals surface area contributed by atoms with Crippen LogP contribution in [0, 0.1) is 11.6 Å². The minimum absolute atomic E-state index is 0.216. The molecular formula is C22H19F2NO3. The highest BCUT2D eigenvalue weighted by Gasteiger charge is 2.15. The predicted octanol–water partition coefficient (Wildman–Crippen LogP) is 4.94. The van der Waals surface area contributed by atoms with E-state index in [1.54, 1.807) is 12.1 Å². The van der Waals surface area contributed by atoms with Crippen LogP contribution >= 0.6 is 0 Å². The minimum atomic E-state index is -0.840. The van der Waals surface area contributed by atoms with Crippen LogP contribution in [0.3, 0.4) is 0 Å². The van der Waals surface area contributed by atoms with Crippen molar-refractivity contribution >= 4 is 11.6 Å². The van der Waals surface area contributed by atoms with Gasteiger partial charge in [0.15, 0.2) is 0 Å². The second-order valence-electron chi connectivity index (χ2n) is 6.06. The Bertz CT molecular complexity index is 941. The van der Waals surface area contributed by atoms with Gasteiger partial charge in [0.05, 0.1) is 20.3 Å². The van der Waals surface area contributed by atoms with Gasteiger partial charge in [-0.05, 0) is 35.9 Å². The number of amides is 1. The number of methoxy groups -OCH3 is 1. The third-order valence-corrected chi connectivity index (χ3v) is 4.11. The zero-order valence-electron chi connectivity index (χ0n) is 15.2. The normalized spacial score (nSPS) is 10.5. The van der Waals surface area contributed by atoms with Gasteiger partial charge in [0, 0.05) is 11.1 Å². The lowest BCUT2D eigenvalue weighted by atomic mass is 10.1. The molecule has 28 heavy (non-hydrogen) atoms. The second-order valence-corrected chi connectivity index (χ2v) is 6.06. The van der Waals surface area contributed by atoms with Gasteiger partial charge in [-0.2, -0.15) is 0 Å². The molecule has 0 aromatic heterocycles. The average molecular weight is 383 g/mol. The zero-order valence-corrected chi connectivity index (χ0v) is 15.2. The molecule has 0 aliphatic carbocycles. The highest BCUT2D eigenvalue weighted by Crippen LogP contribution is 2.23.